The van der Waals surface area contributed by atoms with E-state index in [2.05, 4.69) is 49.0 Å². The first-order valence-electron chi connectivity index (χ1n) is 11.2. The molecule has 1 saturated carbocycles. The maximum Gasteiger partial charge on any atom is 0.233 e. The zero-order chi connectivity index (χ0) is 21.5. The minimum Gasteiger partial charge on any atom is -0.525 e. The van der Waals surface area contributed by atoms with E-state index in [1.165, 1.54) is 31.2 Å². The molecule has 0 aliphatic heterocycles. The second-order valence-electron chi connectivity index (χ2n) is 8.48. The van der Waals surface area contributed by atoms with Gasteiger partial charge in [-0.15, -0.1) is 0 Å². The van der Waals surface area contributed by atoms with Crippen LogP contribution in [0.5, 0.6) is 5.75 Å². The molecule has 2 unspecified atom stereocenters. The summed E-state index contributed by atoms with van der Waals surface area (Å²) in [4.78, 5) is 3.88. The van der Waals surface area contributed by atoms with Crippen LogP contribution < -0.4 is 4.74 Å². The predicted molar refractivity (Wildman–Crippen MR) is 123 cm³/mol. The fourth-order valence-corrected chi connectivity index (χ4v) is 4.76. The SMILES string of the molecule is [C-]#[N+][C@@H]1C[C@@H](O)C(c2ccc(CCCCCC)cc2)C1c1ccc(C)c(OC[CH2-])c1.[Y]. The van der Waals surface area contributed by atoms with Crippen molar-refractivity contribution in [1.82, 2.24) is 0 Å². The molecule has 0 heterocycles. The largest absolute Gasteiger partial charge is 0.525 e. The van der Waals surface area contributed by atoms with Crippen molar-refractivity contribution in [3.8, 4) is 5.75 Å². The van der Waals surface area contributed by atoms with Crippen LogP contribution in [0.2, 0.25) is 0 Å². The standard InChI is InChI=1S/C27H34NO2.Y/c1-5-7-8-9-10-20-12-15-21(16-13-20)27-24(29)18-23(28-4)26(27)22-14-11-19(3)25(17-22)30-6-2;/h11-17,23-24,26-27,29H,2,5-10,18H2,1,3H3;/q-1;/t23-,24-,26?,27?;/m1./s1. The van der Waals surface area contributed by atoms with Crippen LogP contribution in [0, 0.1) is 20.4 Å². The molecule has 2 aromatic carbocycles. The van der Waals surface area contributed by atoms with Crippen molar-refractivity contribution in [2.45, 2.75) is 76.4 Å². The smallest absolute Gasteiger partial charge is 0.233 e. The fraction of sp³-hybridized carbons (Fsp3) is 0.481. The molecule has 0 aromatic heterocycles. The van der Waals surface area contributed by atoms with E-state index < -0.39 is 6.10 Å². The van der Waals surface area contributed by atoms with Crippen LogP contribution in [0.1, 0.15) is 73.1 Å². The second-order valence-corrected chi connectivity index (χ2v) is 8.48. The molecule has 1 aliphatic rings. The Balaban J connectivity index is 0.00000341. The molecule has 0 spiro atoms. The van der Waals surface area contributed by atoms with Crippen molar-refractivity contribution in [3.63, 3.8) is 0 Å². The van der Waals surface area contributed by atoms with Crippen LogP contribution in [0.4, 0.5) is 0 Å². The maximum atomic E-state index is 10.9. The molecule has 163 valence electrons. The van der Waals surface area contributed by atoms with E-state index in [1.54, 1.807) is 0 Å². The summed E-state index contributed by atoms with van der Waals surface area (Å²) in [6.45, 7) is 16.1. The number of hydrogen-bond donors (Lipinski definition) is 1. The van der Waals surface area contributed by atoms with Gasteiger partial charge in [0.15, 0.2) is 0 Å². The average molecular weight is 493 g/mol. The van der Waals surface area contributed by atoms with Gasteiger partial charge in [-0.2, -0.15) is 0 Å². The van der Waals surface area contributed by atoms with Gasteiger partial charge < -0.3 is 21.6 Å². The molecule has 0 saturated heterocycles. The van der Waals surface area contributed by atoms with E-state index in [9.17, 15) is 5.11 Å². The molecule has 2 aromatic rings. The van der Waals surface area contributed by atoms with E-state index in [0.717, 1.165) is 28.9 Å². The van der Waals surface area contributed by atoms with Crippen LogP contribution >= 0.6 is 0 Å². The molecule has 0 amide bonds. The number of ether oxygens (including phenoxy) is 1. The van der Waals surface area contributed by atoms with Gasteiger partial charge in [0.05, 0.1) is 18.4 Å². The van der Waals surface area contributed by atoms with E-state index in [-0.39, 0.29) is 50.6 Å². The van der Waals surface area contributed by atoms with Gasteiger partial charge in [-0.1, -0.05) is 62.6 Å². The number of benzene rings is 2. The number of nitrogens with zero attached hydrogens (tertiary/aromatic N) is 1. The summed E-state index contributed by atoms with van der Waals surface area (Å²) < 4.78 is 5.69. The molecule has 1 fully saturated rings. The van der Waals surface area contributed by atoms with Gasteiger partial charge in [0.25, 0.3) is 0 Å². The number of rotatable bonds is 9. The summed E-state index contributed by atoms with van der Waals surface area (Å²) in [5, 5.41) is 10.9. The monoisotopic (exact) mass is 493 g/mol. The molecular weight excluding hydrogens is 459 g/mol. The number of hydrogen-bond acceptors (Lipinski definition) is 2. The number of aryl methyl sites for hydroxylation is 2. The molecular formula is C27H34NO2Y-. The first-order valence-corrected chi connectivity index (χ1v) is 11.2. The van der Waals surface area contributed by atoms with Crippen molar-refractivity contribution in [2.24, 2.45) is 0 Å². The molecule has 4 atom stereocenters. The Morgan fingerprint density at radius 3 is 2.42 bits per heavy atom. The molecule has 4 heteroatoms. The molecule has 31 heavy (non-hydrogen) atoms. The van der Waals surface area contributed by atoms with Crippen molar-refractivity contribution < 1.29 is 42.6 Å². The molecule has 1 radical (unpaired) electrons. The zero-order valence-electron chi connectivity index (χ0n) is 18.9. The van der Waals surface area contributed by atoms with Crippen molar-refractivity contribution in [3.05, 3.63) is 83.1 Å². The Bertz CT molecular complexity index is 859. The van der Waals surface area contributed by atoms with Crippen LogP contribution in [0.25, 0.3) is 4.85 Å². The van der Waals surface area contributed by atoms with Gasteiger partial charge in [-0.25, -0.2) is 6.57 Å². The molecule has 0 bridgehead atoms. The van der Waals surface area contributed by atoms with Crippen LogP contribution in [-0.4, -0.2) is 23.9 Å². The summed E-state index contributed by atoms with van der Waals surface area (Å²) in [6, 6.07) is 14.6. The average Bonchev–Trinajstić information content (AvgIpc) is 3.09. The van der Waals surface area contributed by atoms with Crippen molar-refractivity contribution >= 4 is 0 Å². The maximum absolute atomic E-state index is 10.9. The Morgan fingerprint density at radius 1 is 1.06 bits per heavy atom. The van der Waals surface area contributed by atoms with Gasteiger partial charge in [0.2, 0.25) is 6.04 Å². The zero-order valence-corrected chi connectivity index (χ0v) is 21.7. The Kier molecular flexibility index (Phi) is 10.7. The predicted octanol–water partition coefficient (Wildman–Crippen LogP) is 6.25. The van der Waals surface area contributed by atoms with E-state index >= 15 is 0 Å². The Morgan fingerprint density at radius 2 is 1.77 bits per heavy atom. The summed E-state index contributed by atoms with van der Waals surface area (Å²) in [6.07, 6.45) is 6.15. The normalized spacial score (nSPS) is 22.5. The minimum atomic E-state index is -0.511. The third-order valence-electron chi connectivity index (χ3n) is 6.40. The van der Waals surface area contributed by atoms with Gasteiger partial charge in [0.1, 0.15) is 5.75 Å². The summed E-state index contributed by atoms with van der Waals surface area (Å²) in [7, 11) is 0. The fourth-order valence-electron chi connectivity index (χ4n) is 4.76. The first-order chi connectivity index (χ1) is 14.6. The number of aliphatic hydroxyl groups is 1. The van der Waals surface area contributed by atoms with Crippen molar-refractivity contribution in [1.29, 1.82) is 0 Å². The van der Waals surface area contributed by atoms with Crippen LogP contribution in [-0.2, 0) is 39.1 Å². The van der Waals surface area contributed by atoms with Crippen LogP contribution in [0.3, 0.4) is 0 Å². The third-order valence-corrected chi connectivity index (χ3v) is 6.40. The summed E-state index contributed by atoms with van der Waals surface area (Å²) >= 11 is 0. The van der Waals surface area contributed by atoms with E-state index in [4.69, 9.17) is 11.3 Å². The molecule has 1 N–H and O–H groups in total. The third kappa shape index (κ3) is 6.41. The quantitative estimate of drug-likeness (QED) is 0.331. The minimum absolute atomic E-state index is 0. The summed E-state index contributed by atoms with van der Waals surface area (Å²) in [5.41, 5.74) is 4.60. The second kappa shape index (κ2) is 12.7. The topological polar surface area (TPSA) is 33.8 Å². The van der Waals surface area contributed by atoms with Gasteiger partial charge in [-0.05, 0) is 54.7 Å². The Labute approximate surface area is 213 Å². The molecule has 3 rings (SSSR count). The first kappa shape index (κ1) is 26.0. The van der Waals surface area contributed by atoms with Crippen LogP contribution in [0.15, 0.2) is 42.5 Å². The Hall–Kier alpha value is -1.21. The summed E-state index contributed by atoms with van der Waals surface area (Å²) in [5.74, 6) is 0.697. The van der Waals surface area contributed by atoms with E-state index in [1.807, 2.05) is 19.1 Å². The molecule has 1 aliphatic carbocycles. The van der Waals surface area contributed by atoms with Gasteiger partial charge >= 0.3 is 0 Å². The number of unbranched alkanes of at least 4 members (excludes halogenated alkanes) is 3. The number of aliphatic hydroxyl groups excluding tert-OH is 1. The molecule has 3 nitrogen and oxygen atoms in total. The van der Waals surface area contributed by atoms with Crippen molar-refractivity contribution in [2.75, 3.05) is 6.61 Å². The van der Waals surface area contributed by atoms with Gasteiger partial charge in [-0.3, -0.25) is 0 Å². The van der Waals surface area contributed by atoms with E-state index in [0.29, 0.717) is 13.0 Å². The van der Waals surface area contributed by atoms with Gasteiger partial charge in [0, 0.05) is 38.6 Å².